The lowest BCUT2D eigenvalue weighted by Gasteiger charge is -2.10. The molecular formula is C32H30FN3O3. The Labute approximate surface area is 226 Å². The standard InChI is InChI=1S/C32H30FN3O3/c1-3-21-7-15-26(16-8-21)39-20-28-34-36-30(31(37)23-11-17-25(38-2)18-12-23)29(22-9-13-24(33)14-10-22)27-6-4-5-19-35(28)32(27)36/h7-18H,3-6,19-20H2,1-2H3. The number of nitrogens with zero attached hydrogens (tertiary/aromatic N) is 3. The van der Waals surface area contributed by atoms with Crippen molar-refractivity contribution in [2.45, 2.75) is 45.8 Å². The fourth-order valence-corrected chi connectivity index (χ4v) is 5.40. The smallest absolute Gasteiger partial charge is 0.212 e. The third-order valence-corrected chi connectivity index (χ3v) is 7.46. The number of methoxy groups -OCH3 is 1. The van der Waals surface area contributed by atoms with Crippen LogP contribution in [0.4, 0.5) is 4.39 Å². The number of aryl methyl sites for hydroxylation is 3. The lowest BCUT2D eigenvalue weighted by Crippen LogP contribution is -2.09. The summed E-state index contributed by atoms with van der Waals surface area (Å²) in [6.07, 6.45) is 3.74. The zero-order valence-electron chi connectivity index (χ0n) is 22.1. The first-order valence-corrected chi connectivity index (χ1v) is 13.4. The molecule has 0 bridgehead atoms. The predicted octanol–water partition coefficient (Wildman–Crippen LogP) is 6.66. The average molecular weight is 524 g/mol. The van der Waals surface area contributed by atoms with Gasteiger partial charge >= 0.3 is 0 Å². The second kappa shape index (κ2) is 10.4. The van der Waals surface area contributed by atoms with Gasteiger partial charge < -0.3 is 14.0 Å². The number of benzene rings is 3. The minimum atomic E-state index is -0.314. The number of rotatable bonds is 8. The molecule has 0 N–H and O–H groups in total. The van der Waals surface area contributed by atoms with Gasteiger partial charge in [-0.1, -0.05) is 31.2 Å². The van der Waals surface area contributed by atoms with Crippen molar-refractivity contribution in [3.05, 3.63) is 107 Å². The molecule has 7 heteroatoms. The molecular weight excluding hydrogens is 493 g/mol. The Morgan fingerprint density at radius 2 is 1.67 bits per heavy atom. The molecule has 3 aromatic carbocycles. The van der Waals surface area contributed by atoms with Gasteiger partial charge in [-0.25, -0.2) is 8.91 Å². The Bertz CT molecular complexity index is 1630. The van der Waals surface area contributed by atoms with Crippen molar-refractivity contribution in [3.63, 3.8) is 0 Å². The lowest BCUT2D eigenvalue weighted by molar-refractivity contribution is 0.103. The van der Waals surface area contributed by atoms with Crippen LogP contribution in [0.2, 0.25) is 0 Å². The molecule has 2 aromatic heterocycles. The highest BCUT2D eigenvalue weighted by Gasteiger charge is 2.31. The van der Waals surface area contributed by atoms with Crippen molar-refractivity contribution >= 4 is 11.4 Å². The average Bonchev–Trinajstić information content (AvgIpc) is 3.38. The van der Waals surface area contributed by atoms with E-state index in [1.807, 2.05) is 12.1 Å². The summed E-state index contributed by atoms with van der Waals surface area (Å²) in [4.78, 5) is 14.1. The molecule has 0 unspecified atom stereocenters. The van der Waals surface area contributed by atoms with Crippen LogP contribution in [0.1, 0.15) is 52.8 Å². The summed E-state index contributed by atoms with van der Waals surface area (Å²) in [5.41, 5.74) is 5.85. The molecule has 0 radical (unpaired) electrons. The number of hydrogen-bond acceptors (Lipinski definition) is 4. The molecule has 6 rings (SSSR count). The van der Waals surface area contributed by atoms with Crippen molar-refractivity contribution in [3.8, 4) is 22.6 Å². The third kappa shape index (κ3) is 4.58. The van der Waals surface area contributed by atoms with Gasteiger partial charge in [0.1, 0.15) is 35.3 Å². The van der Waals surface area contributed by atoms with E-state index < -0.39 is 0 Å². The number of aromatic nitrogens is 3. The van der Waals surface area contributed by atoms with Crippen LogP contribution in [0.15, 0.2) is 72.8 Å². The van der Waals surface area contributed by atoms with Gasteiger partial charge in [-0.05, 0) is 85.3 Å². The fourth-order valence-electron chi connectivity index (χ4n) is 5.40. The first-order chi connectivity index (χ1) is 19.1. The second-order valence-corrected chi connectivity index (χ2v) is 9.81. The zero-order chi connectivity index (χ0) is 26.9. The maximum absolute atomic E-state index is 14.1. The lowest BCUT2D eigenvalue weighted by atomic mass is 9.95. The first-order valence-electron chi connectivity index (χ1n) is 13.4. The van der Waals surface area contributed by atoms with Gasteiger partial charge in [0.2, 0.25) is 5.78 Å². The van der Waals surface area contributed by atoms with Crippen LogP contribution >= 0.6 is 0 Å². The Hall–Kier alpha value is -4.39. The summed E-state index contributed by atoms with van der Waals surface area (Å²) >= 11 is 0. The van der Waals surface area contributed by atoms with Gasteiger partial charge in [0, 0.05) is 23.2 Å². The quantitative estimate of drug-likeness (QED) is 0.214. The Morgan fingerprint density at radius 3 is 2.36 bits per heavy atom. The summed E-state index contributed by atoms with van der Waals surface area (Å²) in [7, 11) is 1.60. The molecule has 0 aliphatic carbocycles. The van der Waals surface area contributed by atoms with Gasteiger partial charge in [0.15, 0.2) is 5.82 Å². The van der Waals surface area contributed by atoms with Gasteiger partial charge in [-0.15, -0.1) is 5.10 Å². The minimum Gasteiger partial charge on any atom is -0.497 e. The monoisotopic (exact) mass is 523 g/mol. The van der Waals surface area contributed by atoms with E-state index in [0.717, 1.165) is 66.1 Å². The highest BCUT2D eigenvalue weighted by atomic mass is 19.1. The number of ketones is 1. The Balaban J connectivity index is 1.49. The first kappa shape index (κ1) is 24.9. The van der Waals surface area contributed by atoms with Crippen LogP contribution in [0, 0.1) is 5.82 Å². The fraction of sp³-hybridized carbons (Fsp3) is 0.250. The normalized spacial score (nSPS) is 12.9. The second-order valence-electron chi connectivity index (χ2n) is 9.81. The summed E-state index contributed by atoms with van der Waals surface area (Å²) in [5, 5.41) is 4.95. The van der Waals surface area contributed by atoms with Crippen molar-refractivity contribution in [2.75, 3.05) is 7.11 Å². The summed E-state index contributed by atoms with van der Waals surface area (Å²) in [6.45, 7) is 3.20. The van der Waals surface area contributed by atoms with Crippen LogP contribution in [-0.2, 0) is 26.0 Å². The number of carbonyl (C=O) groups is 1. The molecule has 0 saturated carbocycles. The Kier molecular flexibility index (Phi) is 6.65. The number of hydrogen-bond donors (Lipinski definition) is 0. The van der Waals surface area contributed by atoms with Gasteiger partial charge in [-0.3, -0.25) is 4.79 Å². The van der Waals surface area contributed by atoms with Crippen LogP contribution in [0.5, 0.6) is 11.5 Å². The van der Waals surface area contributed by atoms with E-state index in [2.05, 4.69) is 23.6 Å². The molecule has 0 fully saturated rings. The van der Waals surface area contributed by atoms with Gasteiger partial charge in [0.05, 0.1) is 7.11 Å². The minimum absolute atomic E-state index is 0.147. The molecule has 0 atom stereocenters. The van der Waals surface area contributed by atoms with Gasteiger partial charge in [-0.2, -0.15) is 0 Å². The number of ether oxygens (including phenoxy) is 2. The van der Waals surface area contributed by atoms with E-state index in [9.17, 15) is 9.18 Å². The summed E-state index contributed by atoms with van der Waals surface area (Å²) in [5.74, 6) is 1.76. The maximum Gasteiger partial charge on any atom is 0.212 e. The molecule has 3 heterocycles. The van der Waals surface area contributed by atoms with Crippen LogP contribution < -0.4 is 9.47 Å². The van der Waals surface area contributed by atoms with Crippen LogP contribution in [-0.4, -0.2) is 27.1 Å². The summed E-state index contributed by atoms with van der Waals surface area (Å²) in [6, 6.07) is 21.5. The maximum atomic E-state index is 14.1. The molecule has 5 aromatic rings. The van der Waals surface area contributed by atoms with Gasteiger partial charge in [0.25, 0.3) is 0 Å². The van der Waals surface area contributed by atoms with E-state index in [1.165, 1.54) is 17.7 Å². The number of carbonyl (C=O) groups excluding carboxylic acids is 1. The largest absolute Gasteiger partial charge is 0.497 e. The molecule has 0 amide bonds. The molecule has 0 saturated heterocycles. The molecule has 198 valence electrons. The third-order valence-electron chi connectivity index (χ3n) is 7.46. The molecule has 39 heavy (non-hydrogen) atoms. The van der Waals surface area contributed by atoms with Crippen LogP contribution in [0.25, 0.3) is 16.8 Å². The van der Waals surface area contributed by atoms with Crippen molar-refractivity contribution in [1.29, 1.82) is 0 Å². The highest BCUT2D eigenvalue weighted by Crippen LogP contribution is 2.38. The zero-order valence-corrected chi connectivity index (χ0v) is 22.1. The van der Waals surface area contributed by atoms with E-state index in [1.54, 1.807) is 48.0 Å². The van der Waals surface area contributed by atoms with E-state index in [0.29, 0.717) is 17.0 Å². The highest BCUT2D eigenvalue weighted by molar-refractivity contribution is 6.13. The van der Waals surface area contributed by atoms with Crippen molar-refractivity contribution < 1.29 is 18.7 Å². The van der Waals surface area contributed by atoms with E-state index in [4.69, 9.17) is 14.6 Å². The van der Waals surface area contributed by atoms with E-state index >= 15 is 0 Å². The SMILES string of the molecule is CCc1ccc(OCc2nn3c(C(=O)c4ccc(OC)cc4)c(-c4ccc(F)cc4)c4c3n2CCCC4)cc1. The van der Waals surface area contributed by atoms with E-state index in [-0.39, 0.29) is 18.2 Å². The number of halogens is 1. The molecule has 0 spiro atoms. The molecule has 6 nitrogen and oxygen atoms in total. The van der Waals surface area contributed by atoms with Crippen molar-refractivity contribution in [1.82, 2.24) is 14.2 Å². The summed E-state index contributed by atoms with van der Waals surface area (Å²) < 4.78 is 29.3. The molecule has 1 aliphatic heterocycles. The van der Waals surface area contributed by atoms with Crippen LogP contribution in [0.3, 0.4) is 0 Å². The van der Waals surface area contributed by atoms with Crippen molar-refractivity contribution in [2.24, 2.45) is 0 Å². The predicted molar refractivity (Wildman–Crippen MR) is 148 cm³/mol. The topological polar surface area (TPSA) is 57.8 Å². The molecule has 1 aliphatic rings. The Morgan fingerprint density at radius 1 is 0.949 bits per heavy atom.